The van der Waals surface area contributed by atoms with E-state index < -0.39 is 34.3 Å². The second-order valence-corrected chi connectivity index (χ2v) is 12.4. The molecular weight excluding hydrogens is 593 g/mol. The minimum absolute atomic E-state index is 0.0218. The maximum atomic E-state index is 14.4. The predicted octanol–water partition coefficient (Wildman–Crippen LogP) is 5.59. The lowest BCUT2D eigenvalue weighted by atomic mass is 10.0. The Morgan fingerprint density at radius 3 is 2.16 bits per heavy atom. The molecule has 0 heterocycles. The fourth-order valence-electron chi connectivity index (χ4n) is 4.88. The maximum Gasteiger partial charge on any atom is 0.264 e. The van der Waals surface area contributed by atoms with Gasteiger partial charge in [0.2, 0.25) is 11.8 Å². The number of unbranched alkanes of at least 4 members (excludes halogenated alkanes) is 1. The van der Waals surface area contributed by atoms with Crippen molar-refractivity contribution in [1.29, 1.82) is 0 Å². The molecule has 10 heteroatoms. The van der Waals surface area contributed by atoms with Crippen molar-refractivity contribution in [3.63, 3.8) is 0 Å². The predicted molar refractivity (Wildman–Crippen MR) is 173 cm³/mol. The Bertz CT molecular complexity index is 1650. The fourth-order valence-corrected chi connectivity index (χ4v) is 6.30. The van der Waals surface area contributed by atoms with Gasteiger partial charge in [-0.05, 0) is 66.1 Å². The molecule has 0 bridgehead atoms. The number of rotatable bonds is 15. The summed E-state index contributed by atoms with van der Waals surface area (Å²) in [4.78, 5) is 29.5. The van der Waals surface area contributed by atoms with Crippen LogP contribution >= 0.6 is 0 Å². The van der Waals surface area contributed by atoms with Crippen LogP contribution in [0.2, 0.25) is 0 Å². The van der Waals surface area contributed by atoms with Crippen molar-refractivity contribution in [3.05, 3.63) is 126 Å². The van der Waals surface area contributed by atoms with E-state index in [1.54, 1.807) is 55.6 Å². The van der Waals surface area contributed by atoms with Crippen LogP contribution in [0.4, 0.5) is 10.1 Å². The number of nitrogens with one attached hydrogen (secondary N) is 1. The van der Waals surface area contributed by atoms with Gasteiger partial charge in [0.15, 0.2) is 0 Å². The summed E-state index contributed by atoms with van der Waals surface area (Å²) in [6.07, 6.45) is 1.86. The Hall–Kier alpha value is -4.70. The SMILES string of the molecule is CCCCNC(=O)[C@H](Cc1ccccc1)N(Cc1cccc(OC)c1)C(=O)CN(c1ccccc1)S(=O)(=O)c1ccc(F)cc1. The zero-order chi connectivity index (χ0) is 32.2. The summed E-state index contributed by atoms with van der Waals surface area (Å²) in [5.41, 5.74) is 1.80. The van der Waals surface area contributed by atoms with Gasteiger partial charge in [-0.3, -0.25) is 13.9 Å². The van der Waals surface area contributed by atoms with Gasteiger partial charge < -0.3 is 15.0 Å². The van der Waals surface area contributed by atoms with Crippen molar-refractivity contribution in [2.45, 2.75) is 43.7 Å². The summed E-state index contributed by atoms with van der Waals surface area (Å²) >= 11 is 0. The average molecular weight is 632 g/mol. The summed E-state index contributed by atoms with van der Waals surface area (Å²) in [6.45, 7) is 1.89. The molecule has 0 radical (unpaired) electrons. The zero-order valence-corrected chi connectivity index (χ0v) is 26.3. The molecule has 0 aromatic heterocycles. The summed E-state index contributed by atoms with van der Waals surface area (Å²) in [5, 5.41) is 2.97. The normalized spacial score (nSPS) is 11.8. The Balaban J connectivity index is 1.78. The van der Waals surface area contributed by atoms with Crippen molar-refractivity contribution in [2.75, 3.05) is 24.5 Å². The number of benzene rings is 4. The third kappa shape index (κ3) is 8.92. The molecule has 0 saturated carbocycles. The molecule has 1 N–H and O–H groups in total. The minimum Gasteiger partial charge on any atom is -0.497 e. The van der Waals surface area contributed by atoms with E-state index in [0.717, 1.165) is 34.8 Å². The molecule has 45 heavy (non-hydrogen) atoms. The first-order valence-corrected chi connectivity index (χ1v) is 16.2. The van der Waals surface area contributed by atoms with E-state index >= 15 is 0 Å². The first-order chi connectivity index (χ1) is 21.7. The quantitative estimate of drug-likeness (QED) is 0.173. The van der Waals surface area contributed by atoms with Crippen LogP contribution < -0.4 is 14.4 Å². The van der Waals surface area contributed by atoms with E-state index in [1.165, 1.54) is 17.0 Å². The highest BCUT2D eigenvalue weighted by Crippen LogP contribution is 2.25. The van der Waals surface area contributed by atoms with E-state index in [-0.39, 0.29) is 29.5 Å². The lowest BCUT2D eigenvalue weighted by Crippen LogP contribution is -2.53. The molecule has 0 aliphatic rings. The largest absolute Gasteiger partial charge is 0.497 e. The van der Waals surface area contributed by atoms with Crippen molar-refractivity contribution >= 4 is 27.5 Å². The van der Waals surface area contributed by atoms with Crippen LogP contribution in [0.3, 0.4) is 0 Å². The number of hydrogen-bond donors (Lipinski definition) is 1. The van der Waals surface area contributed by atoms with Gasteiger partial charge in [0.05, 0.1) is 17.7 Å². The van der Waals surface area contributed by atoms with E-state index in [9.17, 15) is 22.4 Å². The zero-order valence-electron chi connectivity index (χ0n) is 25.4. The lowest BCUT2D eigenvalue weighted by molar-refractivity contribution is -0.140. The van der Waals surface area contributed by atoms with Crippen LogP contribution in [0.15, 0.2) is 114 Å². The van der Waals surface area contributed by atoms with Crippen LogP contribution in [0, 0.1) is 5.82 Å². The molecule has 0 unspecified atom stereocenters. The van der Waals surface area contributed by atoms with Crippen molar-refractivity contribution in [2.24, 2.45) is 0 Å². The first kappa shape index (κ1) is 33.2. The number of hydrogen-bond acceptors (Lipinski definition) is 5. The summed E-state index contributed by atoms with van der Waals surface area (Å²) in [6, 6.07) is 28.3. The smallest absolute Gasteiger partial charge is 0.264 e. The van der Waals surface area contributed by atoms with Crippen LogP contribution in [0.5, 0.6) is 5.75 Å². The van der Waals surface area contributed by atoms with Crippen LogP contribution in [0.1, 0.15) is 30.9 Å². The number of anilines is 1. The molecule has 4 rings (SSSR count). The first-order valence-electron chi connectivity index (χ1n) is 14.8. The molecule has 2 amide bonds. The Kier molecular flexibility index (Phi) is 11.7. The standard InChI is InChI=1S/C35H38FN3O5S/c1-3-4-22-37-35(41)33(24-27-12-7-5-8-13-27)38(25-28-14-11-17-31(23-28)44-2)34(40)26-39(30-15-9-6-10-16-30)45(42,43)32-20-18-29(36)19-21-32/h5-21,23,33H,3-4,22,24-26H2,1-2H3,(H,37,41)/t33-/m0/s1. The monoisotopic (exact) mass is 631 g/mol. The highest BCUT2D eigenvalue weighted by molar-refractivity contribution is 7.92. The minimum atomic E-state index is -4.31. The second-order valence-electron chi connectivity index (χ2n) is 10.5. The van der Waals surface area contributed by atoms with E-state index in [2.05, 4.69) is 5.32 Å². The van der Waals surface area contributed by atoms with Gasteiger partial charge in [0.25, 0.3) is 10.0 Å². The second kappa shape index (κ2) is 15.9. The van der Waals surface area contributed by atoms with Gasteiger partial charge in [-0.2, -0.15) is 0 Å². The summed E-state index contributed by atoms with van der Waals surface area (Å²) in [5.74, 6) is -0.926. The van der Waals surface area contributed by atoms with Crippen molar-refractivity contribution in [3.8, 4) is 5.75 Å². The third-order valence-electron chi connectivity index (χ3n) is 7.31. The Morgan fingerprint density at radius 2 is 1.51 bits per heavy atom. The van der Waals surface area contributed by atoms with E-state index in [0.29, 0.717) is 17.9 Å². The number of amides is 2. The number of carbonyl (C=O) groups is 2. The molecule has 0 fully saturated rings. The van der Waals surface area contributed by atoms with Gasteiger partial charge in [0.1, 0.15) is 24.2 Å². The van der Waals surface area contributed by atoms with Crippen LogP contribution in [-0.4, -0.2) is 51.4 Å². The van der Waals surface area contributed by atoms with Gasteiger partial charge in [-0.25, -0.2) is 12.8 Å². The summed E-state index contributed by atoms with van der Waals surface area (Å²) in [7, 11) is -2.77. The molecule has 0 saturated heterocycles. The number of carbonyl (C=O) groups excluding carboxylic acids is 2. The molecule has 1 atom stereocenters. The topological polar surface area (TPSA) is 96.0 Å². The number of para-hydroxylation sites is 1. The van der Waals surface area contributed by atoms with Gasteiger partial charge in [-0.1, -0.05) is 74.0 Å². The number of halogens is 1. The van der Waals surface area contributed by atoms with Crippen LogP contribution in [0.25, 0.3) is 0 Å². The van der Waals surface area contributed by atoms with E-state index in [4.69, 9.17) is 4.74 Å². The van der Waals surface area contributed by atoms with Gasteiger partial charge >= 0.3 is 0 Å². The Morgan fingerprint density at radius 1 is 0.867 bits per heavy atom. The van der Waals surface area contributed by atoms with Gasteiger partial charge in [-0.15, -0.1) is 0 Å². The van der Waals surface area contributed by atoms with Gasteiger partial charge in [0, 0.05) is 19.5 Å². The Labute approximate surface area is 264 Å². The number of sulfonamides is 1. The molecular formula is C35H38FN3O5S. The molecule has 8 nitrogen and oxygen atoms in total. The van der Waals surface area contributed by atoms with Crippen molar-refractivity contribution < 1.29 is 27.1 Å². The fraction of sp³-hybridized carbons (Fsp3) is 0.257. The number of methoxy groups -OCH3 is 1. The molecule has 236 valence electrons. The van der Waals surface area contributed by atoms with Crippen LogP contribution in [-0.2, 0) is 32.6 Å². The molecule has 0 aliphatic carbocycles. The number of ether oxygens (including phenoxy) is 1. The molecule has 4 aromatic rings. The highest BCUT2D eigenvalue weighted by atomic mass is 32.2. The summed E-state index contributed by atoms with van der Waals surface area (Å²) < 4.78 is 48.0. The average Bonchev–Trinajstić information content (AvgIpc) is 3.06. The molecule has 0 spiro atoms. The maximum absolute atomic E-state index is 14.4. The van der Waals surface area contributed by atoms with E-state index in [1.807, 2.05) is 43.3 Å². The molecule has 0 aliphatic heterocycles. The van der Waals surface area contributed by atoms with Crippen molar-refractivity contribution in [1.82, 2.24) is 10.2 Å². The highest BCUT2D eigenvalue weighted by Gasteiger charge is 2.34. The molecule has 4 aromatic carbocycles. The third-order valence-corrected chi connectivity index (χ3v) is 9.10. The number of nitrogens with zero attached hydrogens (tertiary/aromatic N) is 2. The lowest BCUT2D eigenvalue weighted by Gasteiger charge is -2.34.